The minimum absolute atomic E-state index is 0.0509. The number of rotatable bonds is 1. The molecule has 0 aromatic heterocycles. The van der Waals surface area contributed by atoms with E-state index >= 15 is 0 Å². The third-order valence-electron chi connectivity index (χ3n) is 2.47. The second-order valence-electron chi connectivity index (χ2n) is 3.61. The molecule has 0 unspecified atom stereocenters. The van der Waals surface area contributed by atoms with Crippen LogP contribution in [-0.2, 0) is 9.53 Å². The van der Waals surface area contributed by atoms with Gasteiger partial charge in [0.2, 0.25) is 0 Å². The van der Waals surface area contributed by atoms with E-state index in [4.69, 9.17) is 4.74 Å². The van der Waals surface area contributed by atoms with Crippen molar-refractivity contribution < 1.29 is 13.9 Å². The van der Waals surface area contributed by atoms with E-state index in [-0.39, 0.29) is 23.8 Å². The molecule has 2 nitrogen and oxygen atoms in total. The van der Waals surface area contributed by atoms with E-state index in [0.717, 1.165) is 5.56 Å². The lowest BCUT2D eigenvalue weighted by atomic mass is 10.0. The van der Waals surface area contributed by atoms with Crippen LogP contribution in [0.25, 0.3) is 0 Å². The zero-order chi connectivity index (χ0) is 10.1. The monoisotopic (exact) mass is 194 g/mol. The molecule has 1 aliphatic heterocycles. The molecule has 0 bridgehead atoms. The van der Waals surface area contributed by atoms with Gasteiger partial charge in [0, 0.05) is 6.42 Å². The topological polar surface area (TPSA) is 26.3 Å². The first kappa shape index (κ1) is 9.19. The number of halogens is 1. The SMILES string of the molecule is C[C@H]1C[C@H](c2ccc(F)cc2)OC1=O. The van der Waals surface area contributed by atoms with Gasteiger partial charge in [0.15, 0.2) is 0 Å². The van der Waals surface area contributed by atoms with Crippen LogP contribution in [0.5, 0.6) is 0 Å². The largest absolute Gasteiger partial charge is 0.457 e. The normalized spacial score (nSPS) is 26.3. The first-order chi connectivity index (χ1) is 6.66. The minimum Gasteiger partial charge on any atom is -0.457 e. The lowest BCUT2D eigenvalue weighted by Gasteiger charge is -2.08. The van der Waals surface area contributed by atoms with E-state index < -0.39 is 0 Å². The zero-order valence-corrected chi connectivity index (χ0v) is 7.87. The molecule has 0 spiro atoms. The number of cyclic esters (lactones) is 1. The Kier molecular flexibility index (Phi) is 2.23. The fourth-order valence-corrected chi connectivity index (χ4v) is 1.60. The summed E-state index contributed by atoms with van der Waals surface area (Å²) in [5.41, 5.74) is 0.865. The summed E-state index contributed by atoms with van der Waals surface area (Å²) in [4.78, 5) is 11.1. The maximum absolute atomic E-state index is 12.6. The van der Waals surface area contributed by atoms with E-state index in [9.17, 15) is 9.18 Å². The van der Waals surface area contributed by atoms with Crippen LogP contribution >= 0.6 is 0 Å². The van der Waals surface area contributed by atoms with E-state index in [1.807, 2.05) is 6.92 Å². The lowest BCUT2D eigenvalue weighted by molar-refractivity contribution is -0.144. The van der Waals surface area contributed by atoms with Crippen molar-refractivity contribution in [1.82, 2.24) is 0 Å². The standard InChI is InChI=1S/C11H11FO2/c1-7-6-10(14-11(7)13)8-2-4-9(12)5-3-8/h2-5,7,10H,6H2,1H3/t7-,10+/m0/s1. The van der Waals surface area contributed by atoms with Crippen molar-refractivity contribution in [3.05, 3.63) is 35.6 Å². The van der Waals surface area contributed by atoms with Crippen LogP contribution in [0.1, 0.15) is 25.0 Å². The summed E-state index contributed by atoms with van der Waals surface area (Å²) in [7, 11) is 0. The third-order valence-corrected chi connectivity index (χ3v) is 2.47. The highest BCUT2D eigenvalue weighted by molar-refractivity contribution is 5.74. The van der Waals surface area contributed by atoms with Gasteiger partial charge in [0.25, 0.3) is 0 Å². The number of hydrogen-bond donors (Lipinski definition) is 0. The number of carbonyl (C=O) groups excluding carboxylic acids is 1. The molecule has 0 radical (unpaired) electrons. The van der Waals surface area contributed by atoms with Gasteiger partial charge in [-0.15, -0.1) is 0 Å². The van der Waals surface area contributed by atoms with Crippen LogP contribution in [0.2, 0.25) is 0 Å². The van der Waals surface area contributed by atoms with Gasteiger partial charge >= 0.3 is 5.97 Å². The van der Waals surface area contributed by atoms with E-state index in [0.29, 0.717) is 6.42 Å². The molecule has 0 aliphatic carbocycles. The molecule has 1 saturated heterocycles. The molecule has 1 heterocycles. The average molecular weight is 194 g/mol. The van der Waals surface area contributed by atoms with Crippen molar-refractivity contribution in [3.8, 4) is 0 Å². The first-order valence-corrected chi connectivity index (χ1v) is 4.63. The quantitative estimate of drug-likeness (QED) is 0.642. The van der Waals surface area contributed by atoms with E-state index in [1.54, 1.807) is 12.1 Å². The van der Waals surface area contributed by atoms with Crippen LogP contribution in [0.15, 0.2) is 24.3 Å². The van der Waals surface area contributed by atoms with Gasteiger partial charge in [0.05, 0.1) is 5.92 Å². The Morgan fingerprint density at radius 1 is 1.36 bits per heavy atom. The number of esters is 1. The van der Waals surface area contributed by atoms with Crippen molar-refractivity contribution in [1.29, 1.82) is 0 Å². The summed E-state index contributed by atoms with van der Waals surface area (Å²) in [6.45, 7) is 1.84. The van der Waals surface area contributed by atoms with Gasteiger partial charge in [-0.2, -0.15) is 0 Å². The van der Waals surface area contributed by atoms with Crippen LogP contribution < -0.4 is 0 Å². The molecule has 14 heavy (non-hydrogen) atoms. The Bertz CT molecular complexity index is 345. The summed E-state index contributed by atoms with van der Waals surface area (Å²) in [6, 6.07) is 6.08. The summed E-state index contributed by atoms with van der Waals surface area (Å²) in [6.07, 6.45) is 0.489. The first-order valence-electron chi connectivity index (χ1n) is 4.63. The predicted molar refractivity (Wildman–Crippen MR) is 49.0 cm³/mol. The third kappa shape index (κ3) is 1.62. The lowest BCUT2D eigenvalue weighted by Crippen LogP contribution is -2.01. The molecule has 1 aromatic carbocycles. The van der Waals surface area contributed by atoms with E-state index in [2.05, 4.69) is 0 Å². The fraction of sp³-hybridized carbons (Fsp3) is 0.364. The van der Waals surface area contributed by atoms with E-state index in [1.165, 1.54) is 12.1 Å². The summed E-state index contributed by atoms with van der Waals surface area (Å²) in [5.74, 6) is -0.490. The summed E-state index contributed by atoms with van der Waals surface area (Å²) < 4.78 is 17.8. The summed E-state index contributed by atoms with van der Waals surface area (Å²) in [5, 5.41) is 0. The Morgan fingerprint density at radius 2 is 2.00 bits per heavy atom. The molecule has 0 saturated carbocycles. The molecule has 74 valence electrons. The maximum Gasteiger partial charge on any atom is 0.309 e. The molecule has 0 N–H and O–H groups in total. The molecular weight excluding hydrogens is 183 g/mol. The van der Waals surface area contributed by atoms with Gasteiger partial charge in [-0.05, 0) is 17.7 Å². The van der Waals surface area contributed by atoms with Crippen molar-refractivity contribution in [3.63, 3.8) is 0 Å². The molecular formula is C11H11FO2. The highest BCUT2D eigenvalue weighted by Crippen LogP contribution is 2.32. The molecule has 1 fully saturated rings. The molecule has 1 aliphatic rings. The average Bonchev–Trinajstić information content (AvgIpc) is 2.48. The molecule has 0 amide bonds. The van der Waals surface area contributed by atoms with Crippen molar-refractivity contribution in [2.45, 2.75) is 19.4 Å². The van der Waals surface area contributed by atoms with Crippen LogP contribution in [-0.4, -0.2) is 5.97 Å². The Hall–Kier alpha value is -1.38. The molecule has 2 rings (SSSR count). The van der Waals surface area contributed by atoms with Gasteiger partial charge in [-0.25, -0.2) is 4.39 Å². The Morgan fingerprint density at radius 3 is 2.50 bits per heavy atom. The maximum atomic E-state index is 12.6. The second kappa shape index (κ2) is 3.40. The number of hydrogen-bond acceptors (Lipinski definition) is 2. The molecule has 1 aromatic rings. The number of ether oxygens (including phenoxy) is 1. The second-order valence-corrected chi connectivity index (χ2v) is 3.61. The van der Waals surface area contributed by atoms with Crippen LogP contribution in [0.3, 0.4) is 0 Å². The van der Waals surface area contributed by atoms with Crippen LogP contribution in [0, 0.1) is 11.7 Å². The van der Waals surface area contributed by atoms with Gasteiger partial charge in [-0.1, -0.05) is 19.1 Å². The van der Waals surface area contributed by atoms with Gasteiger partial charge in [0.1, 0.15) is 11.9 Å². The van der Waals surface area contributed by atoms with Gasteiger partial charge in [-0.3, -0.25) is 4.79 Å². The van der Waals surface area contributed by atoms with Crippen LogP contribution in [0.4, 0.5) is 4.39 Å². The zero-order valence-electron chi connectivity index (χ0n) is 7.87. The predicted octanol–water partition coefficient (Wildman–Crippen LogP) is 2.45. The fourth-order valence-electron chi connectivity index (χ4n) is 1.60. The molecule has 3 heteroatoms. The molecule has 2 atom stereocenters. The number of benzene rings is 1. The smallest absolute Gasteiger partial charge is 0.309 e. The Labute approximate surface area is 81.7 Å². The number of carbonyl (C=O) groups is 1. The van der Waals surface area contributed by atoms with Gasteiger partial charge < -0.3 is 4.74 Å². The highest BCUT2D eigenvalue weighted by Gasteiger charge is 2.31. The van der Waals surface area contributed by atoms with Crippen molar-refractivity contribution >= 4 is 5.97 Å². The summed E-state index contributed by atoms with van der Waals surface area (Å²) >= 11 is 0. The van der Waals surface area contributed by atoms with Crippen molar-refractivity contribution in [2.75, 3.05) is 0 Å². The highest BCUT2D eigenvalue weighted by atomic mass is 19.1. The Balaban J connectivity index is 2.17. The van der Waals surface area contributed by atoms with Crippen molar-refractivity contribution in [2.24, 2.45) is 5.92 Å². The minimum atomic E-state index is -0.272.